The Balaban J connectivity index is 1.79. The van der Waals surface area contributed by atoms with Crippen molar-refractivity contribution >= 4 is 15.7 Å². The van der Waals surface area contributed by atoms with E-state index in [1.807, 2.05) is 6.07 Å². The molecule has 1 aliphatic rings. The van der Waals surface area contributed by atoms with Crippen LogP contribution in [-0.2, 0) is 16.4 Å². The Morgan fingerprint density at radius 1 is 1.22 bits per heavy atom. The Morgan fingerprint density at radius 2 is 1.96 bits per heavy atom. The molecule has 1 heterocycles. The largest absolute Gasteiger partial charge is 0.383 e. The van der Waals surface area contributed by atoms with Gasteiger partial charge in [0.15, 0.2) is 0 Å². The van der Waals surface area contributed by atoms with Crippen LogP contribution in [0.5, 0.6) is 0 Å². The molecule has 1 unspecified atom stereocenters. The second kappa shape index (κ2) is 5.99. The monoisotopic (exact) mass is 331 g/mol. The smallest absolute Gasteiger partial charge is 0.240 e. The highest BCUT2D eigenvalue weighted by molar-refractivity contribution is 7.89. The summed E-state index contributed by atoms with van der Waals surface area (Å²) in [6.45, 7) is 0.444. The highest BCUT2D eigenvalue weighted by atomic mass is 32.2. The molecule has 3 rings (SSSR count). The van der Waals surface area contributed by atoms with Crippen molar-refractivity contribution in [1.29, 1.82) is 5.26 Å². The molecule has 1 atom stereocenters. The van der Waals surface area contributed by atoms with Crippen molar-refractivity contribution in [2.24, 2.45) is 0 Å². The summed E-state index contributed by atoms with van der Waals surface area (Å²) in [6.07, 6.45) is 0.484. The van der Waals surface area contributed by atoms with Crippen molar-refractivity contribution in [1.82, 2.24) is 4.72 Å². The van der Waals surface area contributed by atoms with Crippen LogP contribution in [0, 0.1) is 17.1 Å². The van der Waals surface area contributed by atoms with Gasteiger partial charge >= 0.3 is 0 Å². The predicted octanol–water partition coefficient (Wildman–Crippen LogP) is 2.01. The number of benzene rings is 2. The Morgan fingerprint density at radius 3 is 2.65 bits per heavy atom. The van der Waals surface area contributed by atoms with E-state index in [4.69, 9.17) is 5.26 Å². The molecule has 0 bridgehead atoms. The molecular formula is C16H14FN3O2S. The molecule has 0 aromatic heterocycles. The third-order valence-electron chi connectivity index (χ3n) is 3.69. The summed E-state index contributed by atoms with van der Waals surface area (Å²) in [5.41, 5.74) is 2.33. The summed E-state index contributed by atoms with van der Waals surface area (Å²) in [4.78, 5) is 0.0236. The fraction of sp³-hybridized carbons (Fsp3) is 0.188. The number of nitriles is 1. The molecule has 0 aliphatic carbocycles. The van der Waals surface area contributed by atoms with Gasteiger partial charge in [0.05, 0.1) is 16.5 Å². The van der Waals surface area contributed by atoms with Crippen LogP contribution in [0.4, 0.5) is 10.1 Å². The zero-order valence-corrected chi connectivity index (χ0v) is 12.9. The maximum absolute atomic E-state index is 12.9. The van der Waals surface area contributed by atoms with Gasteiger partial charge in [-0.05, 0) is 54.4 Å². The van der Waals surface area contributed by atoms with E-state index >= 15 is 0 Å². The van der Waals surface area contributed by atoms with E-state index in [-0.39, 0.29) is 10.9 Å². The van der Waals surface area contributed by atoms with Crippen LogP contribution in [0.1, 0.15) is 11.1 Å². The Kier molecular flexibility index (Phi) is 4.03. The van der Waals surface area contributed by atoms with Gasteiger partial charge < -0.3 is 5.32 Å². The van der Waals surface area contributed by atoms with Crippen LogP contribution in [0.3, 0.4) is 0 Å². The first-order valence-corrected chi connectivity index (χ1v) is 8.51. The van der Waals surface area contributed by atoms with E-state index < -0.39 is 15.8 Å². The van der Waals surface area contributed by atoms with E-state index in [0.29, 0.717) is 18.5 Å². The minimum absolute atomic E-state index is 0.0236. The van der Waals surface area contributed by atoms with Gasteiger partial charge in [0.1, 0.15) is 5.82 Å². The summed E-state index contributed by atoms with van der Waals surface area (Å²) in [5, 5.41) is 12.1. The lowest BCUT2D eigenvalue weighted by Crippen LogP contribution is -2.43. The molecule has 0 saturated carbocycles. The number of anilines is 1. The normalized spacial score (nSPS) is 17.0. The second-order valence-corrected chi connectivity index (χ2v) is 7.05. The molecule has 2 aromatic rings. The maximum atomic E-state index is 12.9. The van der Waals surface area contributed by atoms with Gasteiger partial charge in [-0.25, -0.2) is 17.5 Å². The third-order valence-corrected chi connectivity index (χ3v) is 5.22. The van der Waals surface area contributed by atoms with Crippen LogP contribution in [-0.4, -0.2) is 21.0 Å². The number of hydrogen-bond donors (Lipinski definition) is 2. The van der Waals surface area contributed by atoms with Crippen LogP contribution >= 0.6 is 0 Å². The fourth-order valence-corrected chi connectivity index (χ4v) is 3.80. The van der Waals surface area contributed by atoms with Crippen molar-refractivity contribution < 1.29 is 12.8 Å². The number of sulfonamides is 1. The molecule has 0 fully saturated rings. The molecule has 2 N–H and O–H groups in total. The zero-order valence-electron chi connectivity index (χ0n) is 12.1. The average molecular weight is 331 g/mol. The molecule has 23 heavy (non-hydrogen) atoms. The summed E-state index contributed by atoms with van der Waals surface area (Å²) in [7, 11) is -3.72. The topological polar surface area (TPSA) is 82.0 Å². The van der Waals surface area contributed by atoms with Gasteiger partial charge in [-0.3, -0.25) is 0 Å². The average Bonchev–Trinajstić information content (AvgIpc) is 2.54. The minimum atomic E-state index is -3.72. The maximum Gasteiger partial charge on any atom is 0.240 e. The van der Waals surface area contributed by atoms with Crippen molar-refractivity contribution in [3.63, 3.8) is 0 Å². The summed E-state index contributed by atoms with van der Waals surface area (Å²) in [6, 6.07) is 11.7. The van der Waals surface area contributed by atoms with Gasteiger partial charge in [-0.15, -0.1) is 0 Å². The third kappa shape index (κ3) is 3.33. The van der Waals surface area contributed by atoms with Crippen LogP contribution in [0.25, 0.3) is 0 Å². The van der Waals surface area contributed by atoms with E-state index in [2.05, 4.69) is 16.1 Å². The Hall–Kier alpha value is -2.43. The quantitative estimate of drug-likeness (QED) is 0.901. The number of halogens is 1. The molecule has 5 nitrogen and oxygen atoms in total. The molecule has 7 heteroatoms. The van der Waals surface area contributed by atoms with Gasteiger partial charge in [-0.1, -0.05) is 0 Å². The fourth-order valence-electron chi connectivity index (χ4n) is 2.56. The van der Waals surface area contributed by atoms with Gasteiger partial charge in [-0.2, -0.15) is 5.26 Å². The second-order valence-electron chi connectivity index (χ2n) is 5.34. The highest BCUT2D eigenvalue weighted by Crippen LogP contribution is 2.23. The van der Waals surface area contributed by atoms with Crippen molar-refractivity contribution in [3.8, 4) is 6.07 Å². The predicted molar refractivity (Wildman–Crippen MR) is 83.9 cm³/mol. The highest BCUT2D eigenvalue weighted by Gasteiger charge is 2.24. The van der Waals surface area contributed by atoms with Crippen molar-refractivity contribution in [2.75, 3.05) is 11.9 Å². The van der Waals surface area contributed by atoms with E-state index in [1.165, 1.54) is 12.1 Å². The SMILES string of the molecule is N#Cc1ccc2c(c1)CC(NS(=O)(=O)c1ccc(F)cc1)CN2. The number of nitrogens with one attached hydrogen (secondary N) is 2. The molecule has 0 radical (unpaired) electrons. The Labute approximate surface area is 133 Å². The van der Waals surface area contributed by atoms with Crippen LogP contribution < -0.4 is 10.0 Å². The van der Waals surface area contributed by atoms with Crippen LogP contribution in [0.2, 0.25) is 0 Å². The first-order valence-electron chi connectivity index (χ1n) is 7.03. The molecule has 1 aliphatic heterocycles. The Bertz CT molecular complexity index is 873. The summed E-state index contributed by atoms with van der Waals surface area (Å²) < 4.78 is 40.2. The number of fused-ring (bicyclic) bond motifs is 1. The molecule has 0 saturated heterocycles. The number of nitrogens with zero attached hydrogens (tertiary/aromatic N) is 1. The molecule has 0 amide bonds. The lowest BCUT2D eigenvalue weighted by Gasteiger charge is -2.27. The molecule has 2 aromatic carbocycles. The standard InChI is InChI=1S/C16H14FN3O2S/c17-13-2-4-15(5-3-13)23(21,22)20-14-8-12-7-11(9-18)1-6-16(12)19-10-14/h1-7,14,19-20H,8,10H2. The first-order chi connectivity index (χ1) is 11.0. The summed E-state index contributed by atoms with van der Waals surface area (Å²) >= 11 is 0. The van der Waals surface area contributed by atoms with Gasteiger partial charge in [0.2, 0.25) is 10.0 Å². The number of rotatable bonds is 3. The zero-order chi connectivity index (χ0) is 16.4. The van der Waals surface area contributed by atoms with Gasteiger partial charge in [0.25, 0.3) is 0 Å². The van der Waals surface area contributed by atoms with Crippen molar-refractivity contribution in [3.05, 3.63) is 59.4 Å². The summed E-state index contributed by atoms with van der Waals surface area (Å²) in [5.74, 6) is -0.485. The van der Waals surface area contributed by atoms with Crippen molar-refractivity contribution in [2.45, 2.75) is 17.4 Å². The molecule has 118 valence electrons. The molecular weight excluding hydrogens is 317 g/mol. The van der Waals surface area contributed by atoms with Gasteiger partial charge in [0, 0.05) is 18.3 Å². The van der Waals surface area contributed by atoms with Crippen LogP contribution in [0.15, 0.2) is 47.4 Å². The molecule has 0 spiro atoms. The first kappa shape index (κ1) is 15.5. The van der Waals surface area contributed by atoms with E-state index in [0.717, 1.165) is 23.4 Å². The van der Waals surface area contributed by atoms with E-state index in [9.17, 15) is 12.8 Å². The lowest BCUT2D eigenvalue weighted by molar-refractivity contribution is 0.548. The minimum Gasteiger partial charge on any atom is -0.383 e. The lowest BCUT2D eigenvalue weighted by atomic mass is 9.98. The van der Waals surface area contributed by atoms with E-state index in [1.54, 1.807) is 12.1 Å². The number of hydrogen-bond acceptors (Lipinski definition) is 4.